The zero-order valence-electron chi connectivity index (χ0n) is 6.89. The fourth-order valence-corrected chi connectivity index (χ4v) is 2.73. The molecule has 0 saturated carbocycles. The zero-order valence-corrected chi connectivity index (χ0v) is 10.0. The smallest absolute Gasteiger partial charge is 0.143 e. The van der Waals surface area contributed by atoms with Crippen molar-refractivity contribution in [2.24, 2.45) is 5.92 Å². The van der Waals surface area contributed by atoms with Gasteiger partial charge >= 0.3 is 0 Å². The van der Waals surface area contributed by atoms with Gasteiger partial charge in [0.25, 0.3) is 0 Å². The molecule has 0 aliphatic carbocycles. The van der Waals surface area contributed by atoms with E-state index in [-0.39, 0.29) is 0 Å². The van der Waals surface area contributed by atoms with Gasteiger partial charge in [-0.05, 0) is 12.3 Å². The average molecular weight is 269 g/mol. The Bertz CT molecular complexity index is 235. The van der Waals surface area contributed by atoms with Gasteiger partial charge in [-0.25, -0.2) is 4.98 Å². The first-order valence-electron chi connectivity index (χ1n) is 3.91. The molecular formula is C8H11BrClNS. The van der Waals surface area contributed by atoms with Crippen LogP contribution in [-0.4, -0.2) is 10.3 Å². The molecule has 0 N–H and O–H groups in total. The van der Waals surface area contributed by atoms with Crippen molar-refractivity contribution in [1.82, 2.24) is 4.98 Å². The van der Waals surface area contributed by atoms with Crippen molar-refractivity contribution in [2.45, 2.75) is 19.8 Å². The largest absolute Gasteiger partial charge is 0.233 e. The summed E-state index contributed by atoms with van der Waals surface area (Å²) >= 11 is 11.0. The molecule has 0 fully saturated rings. The minimum absolute atomic E-state index is 0.680. The van der Waals surface area contributed by atoms with Crippen molar-refractivity contribution < 1.29 is 0 Å². The number of alkyl halides is 1. The van der Waals surface area contributed by atoms with Crippen molar-refractivity contribution in [3.8, 4) is 0 Å². The first kappa shape index (κ1) is 10.5. The van der Waals surface area contributed by atoms with Gasteiger partial charge in [-0.2, -0.15) is 0 Å². The Kier molecular flexibility index (Phi) is 4.54. The second kappa shape index (κ2) is 5.20. The molecule has 1 aromatic rings. The lowest BCUT2D eigenvalue weighted by molar-refractivity contribution is 0.578. The van der Waals surface area contributed by atoms with Gasteiger partial charge in [-0.3, -0.25) is 0 Å². The summed E-state index contributed by atoms with van der Waals surface area (Å²) in [7, 11) is 0. The van der Waals surface area contributed by atoms with E-state index in [2.05, 4.69) is 27.8 Å². The van der Waals surface area contributed by atoms with E-state index >= 15 is 0 Å². The summed E-state index contributed by atoms with van der Waals surface area (Å²) in [5.74, 6) is 0.683. The van der Waals surface area contributed by atoms with Gasteiger partial charge in [0.1, 0.15) is 5.15 Å². The van der Waals surface area contributed by atoms with Crippen LogP contribution >= 0.6 is 38.9 Å². The Hall–Kier alpha value is 0.400. The molecule has 1 aromatic heterocycles. The normalized spacial score (nSPS) is 13.2. The predicted octanol–water partition coefficient (Wildman–Crippen LogP) is 3.76. The van der Waals surface area contributed by atoms with Gasteiger partial charge < -0.3 is 0 Å². The minimum atomic E-state index is 0.680. The van der Waals surface area contributed by atoms with Gasteiger partial charge in [0.2, 0.25) is 0 Å². The minimum Gasteiger partial charge on any atom is -0.233 e. The second-order valence-electron chi connectivity index (χ2n) is 2.70. The summed E-state index contributed by atoms with van der Waals surface area (Å²) in [4.78, 5) is 5.22. The molecule has 68 valence electrons. The maximum absolute atomic E-state index is 5.88. The summed E-state index contributed by atoms with van der Waals surface area (Å²) in [5.41, 5.74) is 1.80. The van der Waals surface area contributed by atoms with E-state index in [1.54, 1.807) is 16.8 Å². The molecule has 0 bridgehead atoms. The SMILES string of the molecule is CCC(CBr)Cc1scnc1Cl. The molecule has 0 aliphatic heterocycles. The average Bonchev–Trinajstić information content (AvgIpc) is 2.47. The molecule has 0 aliphatic rings. The number of nitrogens with zero attached hydrogens (tertiary/aromatic N) is 1. The molecule has 4 heteroatoms. The third-order valence-electron chi connectivity index (χ3n) is 1.86. The quantitative estimate of drug-likeness (QED) is 0.758. The lowest BCUT2D eigenvalue weighted by Crippen LogP contribution is -2.03. The predicted molar refractivity (Wildman–Crippen MR) is 58.4 cm³/mol. The monoisotopic (exact) mass is 267 g/mol. The van der Waals surface area contributed by atoms with Crippen molar-refractivity contribution >= 4 is 38.9 Å². The summed E-state index contributed by atoms with van der Waals surface area (Å²) in [5, 5.41) is 1.72. The van der Waals surface area contributed by atoms with Crippen molar-refractivity contribution in [3.05, 3.63) is 15.5 Å². The van der Waals surface area contributed by atoms with Crippen LogP contribution < -0.4 is 0 Å². The molecule has 0 amide bonds. The molecule has 1 heterocycles. The molecule has 0 radical (unpaired) electrons. The highest BCUT2D eigenvalue weighted by molar-refractivity contribution is 9.09. The standard InChI is InChI=1S/C8H11BrClNS/c1-2-6(4-9)3-7-8(10)11-5-12-7/h5-6H,2-4H2,1H3. The number of hydrogen-bond donors (Lipinski definition) is 0. The van der Waals surface area contributed by atoms with Crippen LogP contribution in [0.15, 0.2) is 5.51 Å². The third kappa shape index (κ3) is 2.71. The summed E-state index contributed by atoms with van der Waals surface area (Å²) in [6, 6.07) is 0. The Labute approximate surface area is 90.3 Å². The summed E-state index contributed by atoms with van der Waals surface area (Å²) < 4.78 is 0. The lowest BCUT2D eigenvalue weighted by atomic mass is 10.1. The highest BCUT2D eigenvalue weighted by atomic mass is 79.9. The lowest BCUT2D eigenvalue weighted by Gasteiger charge is -2.08. The fourth-order valence-electron chi connectivity index (χ4n) is 0.959. The van der Waals surface area contributed by atoms with Crippen LogP contribution in [0.2, 0.25) is 5.15 Å². The summed E-state index contributed by atoms with van der Waals surface area (Å²) in [6.07, 6.45) is 2.23. The highest BCUT2D eigenvalue weighted by Crippen LogP contribution is 2.24. The first-order valence-corrected chi connectivity index (χ1v) is 6.29. The van der Waals surface area contributed by atoms with E-state index in [1.165, 1.54) is 11.3 Å². The van der Waals surface area contributed by atoms with Crippen LogP contribution in [0.4, 0.5) is 0 Å². The molecule has 1 nitrogen and oxygen atoms in total. The van der Waals surface area contributed by atoms with E-state index in [1.807, 2.05) is 0 Å². The number of halogens is 2. The maximum atomic E-state index is 5.88. The Balaban J connectivity index is 2.56. The van der Waals surface area contributed by atoms with E-state index in [4.69, 9.17) is 11.6 Å². The van der Waals surface area contributed by atoms with E-state index in [0.717, 1.165) is 11.8 Å². The van der Waals surface area contributed by atoms with Crippen molar-refractivity contribution in [3.63, 3.8) is 0 Å². The van der Waals surface area contributed by atoms with Gasteiger partial charge in [0.15, 0.2) is 0 Å². The van der Waals surface area contributed by atoms with Gasteiger partial charge in [-0.1, -0.05) is 40.9 Å². The molecule has 1 atom stereocenters. The van der Waals surface area contributed by atoms with E-state index < -0.39 is 0 Å². The molecule has 1 unspecified atom stereocenters. The molecule has 1 rings (SSSR count). The Morgan fingerprint density at radius 2 is 2.50 bits per heavy atom. The number of aromatic nitrogens is 1. The fraction of sp³-hybridized carbons (Fsp3) is 0.625. The van der Waals surface area contributed by atoms with E-state index in [0.29, 0.717) is 11.1 Å². The van der Waals surface area contributed by atoms with Gasteiger partial charge in [0, 0.05) is 10.2 Å². The van der Waals surface area contributed by atoms with Gasteiger partial charge in [-0.15, -0.1) is 11.3 Å². The summed E-state index contributed by atoms with van der Waals surface area (Å²) in [6.45, 7) is 2.20. The van der Waals surface area contributed by atoms with Crippen molar-refractivity contribution in [1.29, 1.82) is 0 Å². The third-order valence-corrected chi connectivity index (χ3v) is 4.07. The van der Waals surface area contributed by atoms with E-state index in [9.17, 15) is 0 Å². The topological polar surface area (TPSA) is 12.9 Å². The van der Waals surface area contributed by atoms with Crippen LogP contribution in [0.5, 0.6) is 0 Å². The molecule has 0 saturated heterocycles. The van der Waals surface area contributed by atoms with Crippen LogP contribution in [-0.2, 0) is 6.42 Å². The molecule has 12 heavy (non-hydrogen) atoms. The maximum Gasteiger partial charge on any atom is 0.143 e. The Morgan fingerprint density at radius 3 is 2.92 bits per heavy atom. The number of thiazole rings is 1. The second-order valence-corrected chi connectivity index (χ2v) is 4.64. The number of hydrogen-bond acceptors (Lipinski definition) is 2. The van der Waals surface area contributed by atoms with Crippen LogP contribution in [0.1, 0.15) is 18.2 Å². The number of rotatable bonds is 4. The zero-order chi connectivity index (χ0) is 8.97. The van der Waals surface area contributed by atoms with Crippen LogP contribution in [0.3, 0.4) is 0 Å². The molecule has 0 spiro atoms. The highest BCUT2D eigenvalue weighted by Gasteiger charge is 2.10. The first-order chi connectivity index (χ1) is 5.77. The Morgan fingerprint density at radius 1 is 1.75 bits per heavy atom. The van der Waals surface area contributed by atoms with Crippen LogP contribution in [0, 0.1) is 5.92 Å². The van der Waals surface area contributed by atoms with Crippen LogP contribution in [0.25, 0.3) is 0 Å². The molecular weight excluding hydrogens is 258 g/mol. The molecule has 0 aromatic carbocycles. The van der Waals surface area contributed by atoms with Crippen molar-refractivity contribution in [2.75, 3.05) is 5.33 Å². The van der Waals surface area contributed by atoms with Gasteiger partial charge in [0.05, 0.1) is 5.51 Å².